The van der Waals surface area contributed by atoms with Gasteiger partial charge in [0.2, 0.25) is 0 Å². The van der Waals surface area contributed by atoms with Crippen LogP contribution in [0.1, 0.15) is 23.6 Å². The average molecular weight is 244 g/mol. The van der Waals surface area contributed by atoms with Crippen LogP contribution in [0, 0.1) is 6.92 Å². The minimum Gasteiger partial charge on any atom is -0.327 e. The van der Waals surface area contributed by atoms with Crippen molar-refractivity contribution in [2.75, 3.05) is 20.1 Å². The average Bonchev–Trinajstić information content (AvgIpc) is 2.66. The summed E-state index contributed by atoms with van der Waals surface area (Å²) < 4.78 is 2.07. The van der Waals surface area contributed by atoms with Crippen LogP contribution >= 0.6 is 0 Å². The molecule has 1 fully saturated rings. The van der Waals surface area contributed by atoms with E-state index in [0.717, 1.165) is 30.9 Å². The highest BCUT2D eigenvalue weighted by atomic mass is 15.1. The lowest BCUT2D eigenvalue weighted by atomic mass is 9.89. The van der Waals surface area contributed by atoms with Crippen LogP contribution in [0.5, 0.6) is 0 Å². The largest absolute Gasteiger partial charge is 0.327 e. The number of fused-ring (bicyclic) bond motifs is 1. The first-order valence-electron chi connectivity index (χ1n) is 6.51. The van der Waals surface area contributed by atoms with Crippen LogP contribution in [0.4, 0.5) is 0 Å². The zero-order valence-electron chi connectivity index (χ0n) is 11.0. The molecule has 0 radical (unpaired) electrons. The number of aryl methyl sites for hydroxylation is 1. The molecule has 2 unspecified atom stereocenters. The molecule has 2 N–H and O–H groups in total. The van der Waals surface area contributed by atoms with Gasteiger partial charge in [0.1, 0.15) is 5.65 Å². The number of imidazole rings is 1. The van der Waals surface area contributed by atoms with Crippen LogP contribution in [-0.4, -0.2) is 40.5 Å². The molecule has 3 rings (SSSR count). The van der Waals surface area contributed by atoms with E-state index in [1.54, 1.807) is 0 Å². The number of nitrogens with zero attached hydrogens (tertiary/aromatic N) is 3. The summed E-state index contributed by atoms with van der Waals surface area (Å²) in [6.07, 6.45) is 5.23. The first-order valence-corrected chi connectivity index (χ1v) is 6.51. The van der Waals surface area contributed by atoms with Crippen molar-refractivity contribution < 1.29 is 0 Å². The maximum Gasteiger partial charge on any atom is 0.137 e. The summed E-state index contributed by atoms with van der Waals surface area (Å²) in [5.74, 6) is 0.528. The van der Waals surface area contributed by atoms with E-state index in [2.05, 4.69) is 45.9 Å². The summed E-state index contributed by atoms with van der Waals surface area (Å²) in [5.41, 5.74) is 9.56. The second-order valence-corrected chi connectivity index (χ2v) is 5.52. The van der Waals surface area contributed by atoms with Crippen LogP contribution in [0.25, 0.3) is 5.65 Å². The zero-order valence-corrected chi connectivity index (χ0v) is 11.0. The normalized spacial score (nSPS) is 25.7. The van der Waals surface area contributed by atoms with E-state index in [0.29, 0.717) is 5.92 Å². The summed E-state index contributed by atoms with van der Waals surface area (Å²) in [7, 11) is 2.14. The molecule has 96 valence electrons. The molecule has 2 atom stereocenters. The minimum absolute atomic E-state index is 0.284. The first-order chi connectivity index (χ1) is 8.61. The van der Waals surface area contributed by atoms with Gasteiger partial charge in [0.25, 0.3) is 0 Å². The predicted octanol–water partition coefficient (Wildman–Crippen LogP) is 1.39. The van der Waals surface area contributed by atoms with E-state index in [1.165, 1.54) is 5.56 Å². The number of aromatic nitrogens is 2. The molecule has 1 saturated heterocycles. The summed E-state index contributed by atoms with van der Waals surface area (Å²) >= 11 is 0. The Morgan fingerprint density at radius 1 is 1.39 bits per heavy atom. The molecule has 2 aromatic heterocycles. The monoisotopic (exact) mass is 244 g/mol. The van der Waals surface area contributed by atoms with Crippen LogP contribution in [-0.2, 0) is 0 Å². The third kappa shape index (κ3) is 2.13. The van der Waals surface area contributed by atoms with Gasteiger partial charge in [0, 0.05) is 31.5 Å². The molecule has 0 spiro atoms. The second-order valence-electron chi connectivity index (χ2n) is 5.52. The number of rotatable bonds is 1. The maximum atomic E-state index is 6.11. The van der Waals surface area contributed by atoms with Crippen molar-refractivity contribution in [3.05, 3.63) is 35.8 Å². The molecule has 0 aliphatic carbocycles. The Hall–Kier alpha value is -1.39. The Balaban J connectivity index is 1.93. The van der Waals surface area contributed by atoms with Gasteiger partial charge in [-0.15, -0.1) is 0 Å². The summed E-state index contributed by atoms with van der Waals surface area (Å²) in [4.78, 5) is 6.84. The molecule has 0 bridgehead atoms. The van der Waals surface area contributed by atoms with Gasteiger partial charge >= 0.3 is 0 Å². The highest BCUT2D eigenvalue weighted by Crippen LogP contribution is 2.26. The minimum atomic E-state index is 0.284. The molecule has 2 aromatic rings. The number of hydrogen-bond donors (Lipinski definition) is 1. The molecule has 1 aliphatic rings. The lowest BCUT2D eigenvalue weighted by molar-refractivity contribution is 0.227. The maximum absolute atomic E-state index is 6.11. The number of hydrogen-bond acceptors (Lipinski definition) is 3. The molecule has 4 nitrogen and oxygen atoms in total. The van der Waals surface area contributed by atoms with Crippen molar-refractivity contribution in [3.63, 3.8) is 0 Å². The molecule has 0 aromatic carbocycles. The fourth-order valence-corrected chi connectivity index (χ4v) is 2.99. The Bertz CT molecular complexity index is 550. The van der Waals surface area contributed by atoms with E-state index < -0.39 is 0 Å². The van der Waals surface area contributed by atoms with Gasteiger partial charge in [-0.2, -0.15) is 0 Å². The lowest BCUT2D eigenvalue weighted by Crippen LogP contribution is -2.44. The number of nitrogens with two attached hydrogens (primary N) is 1. The molecular weight excluding hydrogens is 224 g/mol. The van der Waals surface area contributed by atoms with Gasteiger partial charge in [-0.05, 0) is 44.0 Å². The van der Waals surface area contributed by atoms with Gasteiger partial charge in [0.15, 0.2) is 0 Å². The van der Waals surface area contributed by atoms with E-state index in [9.17, 15) is 0 Å². The molecule has 1 aliphatic heterocycles. The predicted molar refractivity (Wildman–Crippen MR) is 72.8 cm³/mol. The second kappa shape index (κ2) is 4.37. The number of piperidine rings is 1. The van der Waals surface area contributed by atoms with Crippen LogP contribution in [0.2, 0.25) is 0 Å². The number of likely N-dealkylation sites (tertiary alicyclic amines) is 1. The van der Waals surface area contributed by atoms with Gasteiger partial charge in [-0.25, -0.2) is 4.98 Å². The Morgan fingerprint density at radius 3 is 3.00 bits per heavy atom. The summed E-state index contributed by atoms with van der Waals surface area (Å²) in [5, 5.41) is 0. The quantitative estimate of drug-likeness (QED) is 0.824. The van der Waals surface area contributed by atoms with Gasteiger partial charge in [0.05, 0.1) is 5.69 Å². The fraction of sp³-hybridized carbons (Fsp3) is 0.500. The fourth-order valence-electron chi connectivity index (χ4n) is 2.99. The first kappa shape index (κ1) is 11.7. The smallest absolute Gasteiger partial charge is 0.137 e. The summed E-state index contributed by atoms with van der Waals surface area (Å²) in [6.45, 7) is 4.11. The van der Waals surface area contributed by atoms with E-state index in [1.807, 2.05) is 6.92 Å². The highest BCUT2D eigenvalue weighted by Gasteiger charge is 2.24. The SMILES string of the molecule is Cc1cn2ccc(C3CC(N)CN(C)C3)cc2n1. The lowest BCUT2D eigenvalue weighted by Gasteiger charge is -2.34. The number of pyridine rings is 1. The Labute approximate surface area is 107 Å². The van der Waals surface area contributed by atoms with Crippen molar-refractivity contribution >= 4 is 5.65 Å². The van der Waals surface area contributed by atoms with Crippen LogP contribution < -0.4 is 5.73 Å². The Morgan fingerprint density at radius 2 is 2.22 bits per heavy atom. The molecular formula is C14H20N4. The number of likely N-dealkylation sites (N-methyl/N-ethyl adjacent to an activating group) is 1. The topological polar surface area (TPSA) is 46.6 Å². The zero-order chi connectivity index (χ0) is 12.7. The van der Waals surface area contributed by atoms with Crippen molar-refractivity contribution in [3.8, 4) is 0 Å². The molecule has 0 amide bonds. The van der Waals surface area contributed by atoms with Gasteiger partial charge < -0.3 is 15.0 Å². The molecule has 4 heteroatoms. The van der Waals surface area contributed by atoms with E-state index >= 15 is 0 Å². The van der Waals surface area contributed by atoms with E-state index in [-0.39, 0.29) is 6.04 Å². The third-order valence-corrected chi connectivity index (χ3v) is 3.74. The van der Waals surface area contributed by atoms with Gasteiger partial charge in [-0.1, -0.05) is 0 Å². The van der Waals surface area contributed by atoms with Crippen molar-refractivity contribution in [2.24, 2.45) is 5.73 Å². The van der Waals surface area contributed by atoms with Crippen molar-refractivity contribution in [1.82, 2.24) is 14.3 Å². The van der Waals surface area contributed by atoms with Crippen LogP contribution in [0.15, 0.2) is 24.5 Å². The van der Waals surface area contributed by atoms with Crippen molar-refractivity contribution in [1.29, 1.82) is 0 Å². The summed E-state index contributed by atoms with van der Waals surface area (Å²) in [6, 6.07) is 4.68. The van der Waals surface area contributed by atoms with Crippen molar-refractivity contribution in [2.45, 2.75) is 25.3 Å². The molecule has 18 heavy (non-hydrogen) atoms. The highest BCUT2D eigenvalue weighted by molar-refractivity contribution is 5.44. The molecule has 0 saturated carbocycles. The van der Waals surface area contributed by atoms with Gasteiger partial charge in [-0.3, -0.25) is 0 Å². The van der Waals surface area contributed by atoms with Crippen LogP contribution in [0.3, 0.4) is 0 Å². The molecule has 3 heterocycles. The Kier molecular flexibility index (Phi) is 2.84. The third-order valence-electron chi connectivity index (χ3n) is 3.74. The standard InChI is InChI=1S/C14H20N4/c1-10-7-18-4-3-11(6-14(18)16-10)12-5-13(15)9-17(2)8-12/h3-4,6-7,12-13H,5,8-9,15H2,1-2H3. The van der Waals surface area contributed by atoms with E-state index in [4.69, 9.17) is 5.73 Å².